The molecule has 1 nitrogen and oxygen atoms in total. The predicted molar refractivity (Wildman–Crippen MR) is 66.9 cm³/mol. The maximum Gasteiger partial charge on any atom is 0.0827 e. The highest BCUT2D eigenvalue weighted by atomic mass is 79.9. The van der Waals surface area contributed by atoms with Gasteiger partial charge in [0.1, 0.15) is 0 Å². The molecule has 0 bridgehead atoms. The van der Waals surface area contributed by atoms with Gasteiger partial charge in [-0.2, -0.15) is 0 Å². The van der Waals surface area contributed by atoms with Gasteiger partial charge in [-0.15, -0.1) is 0 Å². The summed E-state index contributed by atoms with van der Waals surface area (Å²) in [6, 6.07) is 10.8. The van der Waals surface area contributed by atoms with Gasteiger partial charge < -0.3 is 21.5 Å². The van der Waals surface area contributed by atoms with E-state index in [-0.39, 0.29) is 17.0 Å². The van der Waals surface area contributed by atoms with E-state index in [1.165, 1.54) is 42.6 Å². The molecule has 0 aliphatic rings. The van der Waals surface area contributed by atoms with E-state index in [9.17, 15) is 0 Å². The van der Waals surface area contributed by atoms with Gasteiger partial charge in [0.05, 0.1) is 26.2 Å². The second kappa shape index (κ2) is 7.86. The summed E-state index contributed by atoms with van der Waals surface area (Å²) >= 11 is 0. The summed E-state index contributed by atoms with van der Waals surface area (Å²) < 4.78 is 1.24. The Morgan fingerprint density at radius 2 is 1.38 bits per heavy atom. The largest absolute Gasteiger partial charge is 1.00 e. The first-order chi connectivity index (χ1) is 7.26. The summed E-state index contributed by atoms with van der Waals surface area (Å²) in [6.07, 6.45) is 1.20. The van der Waals surface area contributed by atoms with Crippen LogP contribution in [0.15, 0.2) is 30.3 Å². The fourth-order valence-electron chi connectivity index (χ4n) is 2.16. The van der Waals surface area contributed by atoms with Gasteiger partial charge in [-0.25, -0.2) is 0 Å². The number of hydrogen-bond acceptors (Lipinski definition) is 0. The summed E-state index contributed by atoms with van der Waals surface area (Å²) in [5, 5.41) is 0. The molecular formula is C14H24BrN. The Kier molecular flexibility index (Phi) is 7.69. The lowest BCUT2D eigenvalue weighted by atomic mass is 10.1. The van der Waals surface area contributed by atoms with Gasteiger partial charge in [-0.3, -0.25) is 0 Å². The maximum absolute atomic E-state index is 2.30. The van der Waals surface area contributed by atoms with Crippen molar-refractivity contribution in [3.8, 4) is 0 Å². The molecule has 0 aromatic heterocycles. The molecule has 16 heavy (non-hydrogen) atoms. The Bertz CT molecular complexity index is 259. The molecule has 92 valence electrons. The van der Waals surface area contributed by atoms with Gasteiger partial charge in [-0.1, -0.05) is 30.3 Å². The van der Waals surface area contributed by atoms with E-state index >= 15 is 0 Å². The molecule has 0 amide bonds. The van der Waals surface area contributed by atoms with Gasteiger partial charge in [0, 0.05) is 6.42 Å². The van der Waals surface area contributed by atoms with Crippen molar-refractivity contribution in [3.63, 3.8) is 0 Å². The Labute approximate surface area is 111 Å². The number of halogens is 1. The molecular weight excluding hydrogens is 262 g/mol. The number of hydrogen-bond donors (Lipinski definition) is 0. The number of benzene rings is 1. The van der Waals surface area contributed by atoms with Crippen LogP contribution in [0.3, 0.4) is 0 Å². The number of nitrogens with zero attached hydrogens (tertiary/aromatic N) is 1. The molecule has 0 saturated carbocycles. The maximum atomic E-state index is 2.30. The van der Waals surface area contributed by atoms with Crippen molar-refractivity contribution in [3.05, 3.63) is 35.9 Å². The highest BCUT2D eigenvalue weighted by molar-refractivity contribution is 5.14. The summed E-state index contributed by atoms with van der Waals surface area (Å²) in [5.74, 6) is 0. The van der Waals surface area contributed by atoms with Crippen molar-refractivity contribution in [2.24, 2.45) is 0 Å². The third kappa shape index (κ3) is 4.26. The van der Waals surface area contributed by atoms with Crippen LogP contribution in [0.25, 0.3) is 0 Å². The van der Waals surface area contributed by atoms with E-state index in [4.69, 9.17) is 0 Å². The van der Waals surface area contributed by atoms with Gasteiger partial charge in [0.15, 0.2) is 0 Å². The normalized spacial score (nSPS) is 10.9. The van der Waals surface area contributed by atoms with Gasteiger partial charge in [0.25, 0.3) is 0 Å². The topological polar surface area (TPSA) is 0 Å². The first kappa shape index (κ1) is 15.7. The van der Waals surface area contributed by atoms with Crippen molar-refractivity contribution in [1.82, 2.24) is 0 Å². The molecule has 0 fully saturated rings. The second-order valence-corrected chi connectivity index (χ2v) is 4.25. The first-order valence-corrected chi connectivity index (χ1v) is 6.15. The number of likely N-dealkylation sites (N-methyl/N-ethyl adjacent to an activating group) is 1. The standard InChI is InChI=1S/C14H24N.BrH/c1-4-15(5-2,6-3)13-12-14-10-8-7-9-11-14;/h7-11H,4-6,12-13H2,1-3H3;1H/q+1;/p-1. The average molecular weight is 286 g/mol. The molecule has 1 aromatic rings. The molecule has 1 rings (SSSR count). The Balaban J connectivity index is 0.00000225. The van der Waals surface area contributed by atoms with Crippen LogP contribution in [0.5, 0.6) is 0 Å². The van der Waals surface area contributed by atoms with Crippen LogP contribution in [0, 0.1) is 0 Å². The van der Waals surface area contributed by atoms with E-state index < -0.39 is 0 Å². The van der Waals surface area contributed by atoms with E-state index in [2.05, 4.69) is 51.1 Å². The van der Waals surface area contributed by atoms with E-state index in [1.807, 2.05) is 0 Å². The lowest BCUT2D eigenvalue weighted by molar-refractivity contribution is -0.923. The lowest BCUT2D eigenvalue weighted by Crippen LogP contribution is -3.00. The van der Waals surface area contributed by atoms with Crippen molar-refractivity contribution in [1.29, 1.82) is 0 Å². The Hall–Kier alpha value is -0.340. The third-order valence-corrected chi connectivity index (χ3v) is 3.73. The van der Waals surface area contributed by atoms with E-state index in [0.717, 1.165) is 0 Å². The van der Waals surface area contributed by atoms with Crippen molar-refractivity contribution >= 4 is 0 Å². The van der Waals surface area contributed by atoms with Gasteiger partial charge in [0.2, 0.25) is 0 Å². The molecule has 0 unspecified atom stereocenters. The zero-order valence-electron chi connectivity index (χ0n) is 10.7. The molecule has 0 N–H and O–H groups in total. The summed E-state index contributed by atoms with van der Waals surface area (Å²) in [5.41, 5.74) is 1.47. The summed E-state index contributed by atoms with van der Waals surface area (Å²) in [4.78, 5) is 0. The summed E-state index contributed by atoms with van der Waals surface area (Å²) in [6.45, 7) is 11.9. The summed E-state index contributed by atoms with van der Waals surface area (Å²) in [7, 11) is 0. The molecule has 0 aliphatic heterocycles. The van der Waals surface area contributed by atoms with Crippen molar-refractivity contribution < 1.29 is 21.5 Å². The molecule has 0 aliphatic carbocycles. The molecule has 0 saturated heterocycles. The fourth-order valence-corrected chi connectivity index (χ4v) is 2.16. The van der Waals surface area contributed by atoms with Crippen LogP contribution in [-0.2, 0) is 6.42 Å². The minimum Gasteiger partial charge on any atom is -1.00 e. The molecule has 1 aromatic carbocycles. The SMILES string of the molecule is CC[N+](CC)(CC)CCc1ccccc1.[Br-]. The number of quaternary nitrogens is 1. The van der Waals surface area contributed by atoms with Crippen LogP contribution in [0.4, 0.5) is 0 Å². The van der Waals surface area contributed by atoms with Crippen LogP contribution in [0.2, 0.25) is 0 Å². The van der Waals surface area contributed by atoms with Gasteiger partial charge in [-0.05, 0) is 26.3 Å². The van der Waals surface area contributed by atoms with Crippen LogP contribution in [-0.4, -0.2) is 30.7 Å². The molecule has 2 heteroatoms. The monoisotopic (exact) mass is 285 g/mol. The predicted octanol–water partition coefficient (Wildman–Crippen LogP) is 0.110. The zero-order chi connectivity index (χ0) is 11.1. The second-order valence-electron chi connectivity index (χ2n) is 4.25. The Morgan fingerprint density at radius 1 is 0.875 bits per heavy atom. The number of rotatable bonds is 6. The fraction of sp³-hybridized carbons (Fsp3) is 0.571. The Morgan fingerprint density at radius 3 is 1.81 bits per heavy atom. The van der Waals surface area contributed by atoms with E-state index in [0.29, 0.717) is 0 Å². The lowest BCUT2D eigenvalue weighted by Gasteiger charge is -2.35. The quantitative estimate of drug-likeness (QED) is 0.651. The van der Waals surface area contributed by atoms with Crippen LogP contribution >= 0.6 is 0 Å². The van der Waals surface area contributed by atoms with Gasteiger partial charge >= 0.3 is 0 Å². The highest BCUT2D eigenvalue weighted by Gasteiger charge is 2.19. The molecule has 0 heterocycles. The molecule has 0 spiro atoms. The minimum absolute atomic E-state index is 0. The van der Waals surface area contributed by atoms with E-state index in [1.54, 1.807) is 0 Å². The first-order valence-electron chi connectivity index (χ1n) is 6.15. The average Bonchev–Trinajstić information content (AvgIpc) is 2.33. The van der Waals surface area contributed by atoms with Crippen LogP contribution in [0.1, 0.15) is 26.3 Å². The zero-order valence-corrected chi connectivity index (χ0v) is 12.3. The van der Waals surface area contributed by atoms with Crippen molar-refractivity contribution in [2.75, 3.05) is 26.2 Å². The third-order valence-electron chi connectivity index (χ3n) is 3.73. The highest BCUT2D eigenvalue weighted by Crippen LogP contribution is 2.09. The molecule has 0 atom stereocenters. The minimum atomic E-state index is 0. The van der Waals surface area contributed by atoms with Crippen LogP contribution < -0.4 is 17.0 Å². The molecule has 0 radical (unpaired) electrons. The van der Waals surface area contributed by atoms with Crippen molar-refractivity contribution in [2.45, 2.75) is 27.2 Å². The smallest absolute Gasteiger partial charge is 0.0827 e.